The van der Waals surface area contributed by atoms with Gasteiger partial charge in [0.25, 0.3) is 5.91 Å². The van der Waals surface area contributed by atoms with E-state index in [0.717, 1.165) is 17.7 Å². The maximum Gasteiger partial charge on any atom is 0.269 e. The van der Waals surface area contributed by atoms with Crippen molar-refractivity contribution in [3.8, 4) is 0 Å². The molecule has 18 heavy (non-hydrogen) atoms. The molecule has 2 aromatic heterocycles. The average Bonchev–Trinajstić information content (AvgIpc) is 2.92. The highest BCUT2D eigenvalue weighted by atomic mass is 16.1. The Labute approximate surface area is 105 Å². The number of nitrogens with one attached hydrogen (secondary N) is 2. The molecule has 0 bridgehead atoms. The van der Waals surface area contributed by atoms with Crippen molar-refractivity contribution in [1.82, 2.24) is 15.3 Å². The Morgan fingerprint density at radius 3 is 3.06 bits per heavy atom. The molecule has 0 fully saturated rings. The second-order valence-corrected chi connectivity index (χ2v) is 3.95. The summed E-state index contributed by atoms with van der Waals surface area (Å²) in [5, 5.41) is 2.83. The average molecular weight is 244 g/mol. The van der Waals surface area contributed by atoms with Gasteiger partial charge in [-0.25, -0.2) is 0 Å². The fourth-order valence-corrected chi connectivity index (χ4v) is 1.65. The monoisotopic (exact) mass is 244 g/mol. The van der Waals surface area contributed by atoms with Crippen molar-refractivity contribution in [2.75, 3.05) is 6.54 Å². The van der Waals surface area contributed by atoms with E-state index < -0.39 is 0 Å². The summed E-state index contributed by atoms with van der Waals surface area (Å²) in [6.07, 6.45) is 4.24. The van der Waals surface area contributed by atoms with Crippen LogP contribution >= 0.6 is 0 Å². The lowest BCUT2D eigenvalue weighted by Crippen LogP contribution is -2.26. The molecule has 4 N–H and O–H groups in total. The normalized spacial score (nSPS) is 10.3. The fourth-order valence-electron chi connectivity index (χ4n) is 1.65. The van der Waals surface area contributed by atoms with Crippen LogP contribution in [0.15, 0.2) is 36.7 Å². The topological polar surface area (TPSA) is 83.8 Å². The number of hydrogen-bond donors (Lipinski definition) is 3. The number of aromatic nitrogens is 2. The van der Waals surface area contributed by atoms with Crippen LogP contribution in [0.1, 0.15) is 21.7 Å². The van der Waals surface area contributed by atoms with Crippen LogP contribution in [0.4, 0.5) is 0 Å². The zero-order valence-corrected chi connectivity index (χ0v) is 10.0. The number of H-pyrrole nitrogens is 1. The van der Waals surface area contributed by atoms with Gasteiger partial charge in [-0.2, -0.15) is 0 Å². The molecule has 0 atom stereocenters. The molecule has 0 spiro atoms. The minimum atomic E-state index is -0.170. The van der Waals surface area contributed by atoms with Crippen LogP contribution in [-0.4, -0.2) is 22.4 Å². The number of rotatable bonds is 5. The number of nitrogens with zero attached hydrogens (tertiary/aromatic N) is 1. The van der Waals surface area contributed by atoms with Crippen molar-refractivity contribution < 1.29 is 4.79 Å². The summed E-state index contributed by atoms with van der Waals surface area (Å²) in [5.74, 6) is -0.170. The predicted molar refractivity (Wildman–Crippen MR) is 69.0 cm³/mol. The van der Waals surface area contributed by atoms with E-state index in [1.165, 1.54) is 0 Å². The van der Waals surface area contributed by atoms with Gasteiger partial charge in [0.05, 0.1) is 0 Å². The maximum atomic E-state index is 11.8. The van der Waals surface area contributed by atoms with Gasteiger partial charge in [0.1, 0.15) is 5.69 Å². The van der Waals surface area contributed by atoms with Crippen LogP contribution in [0, 0.1) is 0 Å². The van der Waals surface area contributed by atoms with E-state index in [-0.39, 0.29) is 5.91 Å². The molecular weight excluding hydrogens is 228 g/mol. The number of hydrogen-bond acceptors (Lipinski definition) is 3. The van der Waals surface area contributed by atoms with Gasteiger partial charge in [0.15, 0.2) is 0 Å². The summed E-state index contributed by atoms with van der Waals surface area (Å²) in [5.41, 5.74) is 7.93. The zero-order chi connectivity index (χ0) is 12.8. The number of carbonyl (C=O) groups excluding carboxylic acids is 1. The van der Waals surface area contributed by atoms with E-state index >= 15 is 0 Å². The molecule has 2 aromatic rings. The lowest BCUT2D eigenvalue weighted by atomic mass is 10.2. The van der Waals surface area contributed by atoms with Crippen LogP contribution in [0.3, 0.4) is 0 Å². The molecule has 2 heterocycles. The number of pyridine rings is 1. The van der Waals surface area contributed by atoms with Gasteiger partial charge >= 0.3 is 0 Å². The molecule has 0 aliphatic heterocycles. The number of nitrogens with two attached hydrogens (primary N) is 1. The summed E-state index contributed by atoms with van der Waals surface area (Å²) in [6, 6.07) is 7.43. The second kappa shape index (κ2) is 5.97. The first-order valence-corrected chi connectivity index (χ1v) is 5.85. The smallest absolute Gasteiger partial charge is 0.269 e. The van der Waals surface area contributed by atoms with Crippen molar-refractivity contribution in [3.05, 3.63) is 53.6 Å². The van der Waals surface area contributed by atoms with Crippen molar-refractivity contribution in [2.45, 2.75) is 13.0 Å². The summed E-state index contributed by atoms with van der Waals surface area (Å²) in [4.78, 5) is 18.9. The lowest BCUT2D eigenvalue weighted by molar-refractivity contribution is 0.0949. The number of carbonyl (C=O) groups is 1. The standard InChI is InChI=1S/C13H16N4O/c14-9-10-3-6-16-12(8-10)13(18)17-7-4-11-2-1-5-15-11/h1-3,5-6,8,15H,4,7,9,14H2,(H,17,18). The van der Waals surface area contributed by atoms with E-state index in [0.29, 0.717) is 18.8 Å². The van der Waals surface area contributed by atoms with Crippen LogP contribution in [-0.2, 0) is 13.0 Å². The largest absolute Gasteiger partial charge is 0.365 e. The van der Waals surface area contributed by atoms with Gasteiger partial charge in [0.2, 0.25) is 0 Å². The third kappa shape index (κ3) is 3.18. The second-order valence-electron chi connectivity index (χ2n) is 3.95. The van der Waals surface area contributed by atoms with E-state index in [9.17, 15) is 4.79 Å². The molecule has 0 unspecified atom stereocenters. The van der Waals surface area contributed by atoms with Crippen LogP contribution < -0.4 is 11.1 Å². The van der Waals surface area contributed by atoms with E-state index in [2.05, 4.69) is 15.3 Å². The third-order valence-corrected chi connectivity index (χ3v) is 2.63. The van der Waals surface area contributed by atoms with Crippen LogP contribution in [0.25, 0.3) is 0 Å². The Kier molecular flexibility index (Phi) is 4.09. The molecule has 0 saturated heterocycles. The van der Waals surface area contributed by atoms with E-state index in [4.69, 9.17) is 5.73 Å². The minimum absolute atomic E-state index is 0.170. The first kappa shape index (κ1) is 12.3. The van der Waals surface area contributed by atoms with Gasteiger partial charge in [-0.3, -0.25) is 9.78 Å². The number of amides is 1. The molecule has 94 valence electrons. The molecule has 2 rings (SSSR count). The molecule has 5 heteroatoms. The van der Waals surface area contributed by atoms with Gasteiger partial charge in [-0.05, 0) is 29.8 Å². The third-order valence-electron chi connectivity index (χ3n) is 2.63. The molecular formula is C13H16N4O. The van der Waals surface area contributed by atoms with Crippen LogP contribution in [0.5, 0.6) is 0 Å². The van der Waals surface area contributed by atoms with E-state index in [1.54, 1.807) is 18.3 Å². The quantitative estimate of drug-likeness (QED) is 0.728. The summed E-state index contributed by atoms with van der Waals surface area (Å²) >= 11 is 0. The summed E-state index contributed by atoms with van der Waals surface area (Å²) in [7, 11) is 0. The van der Waals surface area contributed by atoms with E-state index in [1.807, 2.05) is 18.3 Å². The molecule has 0 aliphatic carbocycles. The van der Waals surface area contributed by atoms with Gasteiger partial charge in [-0.1, -0.05) is 0 Å². The first-order valence-electron chi connectivity index (χ1n) is 5.85. The summed E-state index contributed by atoms with van der Waals surface area (Å²) in [6.45, 7) is 0.985. The first-order chi connectivity index (χ1) is 8.79. The molecule has 1 amide bonds. The van der Waals surface area contributed by atoms with Gasteiger partial charge < -0.3 is 16.0 Å². The van der Waals surface area contributed by atoms with Crippen molar-refractivity contribution in [2.24, 2.45) is 5.73 Å². The van der Waals surface area contributed by atoms with Crippen molar-refractivity contribution in [1.29, 1.82) is 0 Å². The van der Waals surface area contributed by atoms with Crippen LogP contribution in [0.2, 0.25) is 0 Å². The highest BCUT2D eigenvalue weighted by molar-refractivity contribution is 5.92. The zero-order valence-electron chi connectivity index (χ0n) is 10.0. The molecule has 0 aromatic carbocycles. The molecule has 5 nitrogen and oxygen atoms in total. The Morgan fingerprint density at radius 1 is 1.44 bits per heavy atom. The Bertz CT molecular complexity index is 507. The fraction of sp³-hybridized carbons (Fsp3) is 0.231. The van der Waals surface area contributed by atoms with Crippen molar-refractivity contribution in [3.63, 3.8) is 0 Å². The van der Waals surface area contributed by atoms with Gasteiger partial charge in [-0.15, -0.1) is 0 Å². The lowest BCUT2D eigenvalue weighted by Gasteiger charge is -2.05. The Morgan fingerprint density at radius 2 is 2.33 bits per heavy atom. The highest BCUT2D eigenvalue weighted by Crippen LogP contribution is 2.01. The Hall–Kier alpha value is -2.14. The molecule has 0 saturated carbocycles. The Balaban J connectivity index is 1.87. The SMILES string of the molecule is NCc1ccnc(C(=O)NCCc2ccc[nH]2)c1. The molecule has 0 radical (unpaired) electrons. The predicted octanol–water partition coefficient (Wildman–Crippen LogP) is 0.841. The molecule has 0 aliphatic rings. The number of aromatic amines is 1. The van der Waals surface area contributed by atoms with Crippen molar-refractivity contribution >= 4 is 5.91 Å². The maximum absolute atomic E-state index is 11.8. The summed E-state index contributed by atoms with van der Waals surface area (Å²) < 4.78 is 0. The highest BCUT2D eigenvalue weighted by Gasteiger charge is 2.06. The minimum Gasteiger partial charge on any atom is -0.365 e. The van der Waals surface area contributed by atoms with Gasteiger partial charge in [0, 0.05) is 37.6 Å².